The highest BCUT2D eigenvalue weighted by Gasteiger charge is 2.13. The Morgan fingerprint density at radius 1 is 1.22 bits per heavy atom. The van der Waals surface area contributed by atoms with E-state index in [1.807, 2.05) is 20.2 Å². The molecule has 0 radical (unpaired) electrons. The van der Waals surface area contributed by atoms with Crippen molar-refractivity contribution in [2.45, 2.75) is 20.0 Å². The molecular formula is C22H23FN2O2. The van der Waals surface area contributed by atoms with Crippen LogP contribution in [0.1, 0.15) is 35.6 Å². The minimum Gasteiger partial charge on any atom is -0.461 e. The van der Waals surface area contributed by atoms with E-state index in [0.29, 0.717) is 5.56 Å². The van der Waals surface area contributed by atoms with Crippen LogP contribution in [0.2, 0.25) is 0 Å². The first-order valence-corrected chi connectivity index (χ1v) is 8.68. The topological polar surface area (TPSA) is 53.3 Å². The van der Waals surface area contributed by atoms with Gasteiger partial charge in [0, 0.05) is 13.5 Å². The molecule has 0 heterocycles. The quantitative estimate of drug-likeness (QED) is 0.691. The summed E-state index contributed by atoms with van der Waals surface area (Å²) in [5.74, 6) is -0.686. The molecule has 0 aliphatic rings. The van der Waals surface area contributed by atoms with Crippen molar-refractivity contribution < 1.29 is 13.9 Å². The number of carbonyl (C=O) groups excluding carboxylic acids is 1. The van der Waals surface area contributed by atoms with Gasteiger partial charge < -0.3 is 9.64 Å². The van der Waals surface area contributed by atoms with Crippen LogP contribution in [0.25, 0.3) is 5.57 Å². The predicted octanol–water partition coefficient (Wildman–Crippen LogP) is 4.14. The van der Waals surface area contributed by atoms with Crippen LogP contribution in [-0.2, 0) is 16.1 Å². The third-order valence-corrected chi connectivity index (χ3v) is 4.04. The predicted molar refractivity (Wildman–Crippen MR) is 103 cm³/mol. The van der Waals surface area contributed by atoms with Crippen molar-refractivity contribution in [3.8, 4) is 6.07 Å². The van der Waals surface area contributed by atoms with Crippen LogP contribution in [0.3, 0.4) is 0 Å². The van der Waals surface area contributed by atoms with Crippen LogP contribution in [0.15, 0.2) is 48.5 Å². The Morgan fingerprint density at radius 2 is 1.93 bits per heavy atom. The van der Waals surface area contributed by atoms with Crippen molar-refractivity contribution in [3.63, 3.8) is 0 Å². The standard InChI is InChI=1S/C22H23FN2O2/c1-16(26)27-15-19-13-17(14-24)6-11-22(19)21(5-4-12-25(2)3)18-7-9-20(23)10-8-18/h5-11,13H,4,12,15H2,1-3H3/b21-5+. The van der Waals surface area contributed by atoms with Gasteiger partial charge >= 0.3 is 5.97 Å². The largest absolute Gasteiger partial charge is 0.461 e. The number of nitriles is 1. The Hall–Kier alpha value is -2.97. The SMILES string of the molecule is CC(=O)OCc1cc(C#N)ccc1/C(=C/CCN(C)C)c1ccc(F)cc1. The van der Waals surface area contributed by atoms with Crippen LogP contribution >= 0.6 is 0 Å². The molecule has 2 rings (SSSR count). The van der Waals surface area contributed by atoms with Crippen molar-refractivity contribution >= 4 is 11.5 Å². The van der Waals surface area contributed by atoms with Crippen molar-refractivity contribution in [2.24, 2.45) is 0 Å². The lowest BCUT2D eigenvalue weighted by molar-refractivity contribution is -0.142. The normalized spacial score (nSPS) is 11.3. The van der Waals surface area contributed by atoms with E-state index >= 15 is 0 Å². The maximum atomic E-state index is 13.4. The molecule has 0 spiro atoms. The minimum atomic E-state index is -0.386. The molecule has 4 nitrogen and oxygen atoms in total. The maximum Gasteiger partial charge on any atom is 0.302 e. The molecule has 0 saturated heterocycles. The van der Waals surface area contributed by atoms with Crippen LogP contribution < -0.4 is 0 Å². The second kappa shape index (κ2) is 9.65. The van der Waals surface area contributed by atoms with Crippen LogP contribution in [0.5, 0.6) is 0 Å². The Labute approximate surface area is 159 Å². The van der Waals surface area contributed by atoms with E-state index in [1.54, 1.807) is 24.3 Å². The van der Waals surface area contributed by atoms with Gasteiger partial charge in [-0.05, 0) is 67.0 Å². The average Bonchev–Trinajstić information content (AvgIpc) is 2.64. The first-order valence-electron chi connectivity index (χ1n) is 8.68. The van der Waals surface area contributed by atoms with E-state index in [1.165, 1.54) is 19.1 Å². The van der Waals surface area contributed by atoms with Gasteiger partial charge in [-0.2, -0.15) is 5.26 Å². The molecule has 0 saturated carbocycles. The highest BCUT2D eigenvalue weighted by Crippen LogP contribution is 2.28. The number of ether oxygens (including phenoxy) is 1. The third-order valence-electron chi connectivity index (χ3n) is 4.04. The smallest absolute Gasteiger partial charge is 0.302 e. The summed E-state index contributed by atoms with van der Waals surface area (Å²) in [6.07, 6.45) is 2.89. The van der Waals surface area contributed by atoms with Gasteiger partial charge in [0.15, 0.2) is 0 Å². The molecule has 5 heteroatoms. The second-order valence-electron chi connectivity index (χ2n) is 6.48. The minimum absolute atomic E-state index is 0.0758. The lowest BCUT2D eigenvalue weighted by atomic mass is 9.92. The van der Waals surface area contributed by atoms with Gasteiger partial charge in [0.25, 0.3) is 0 Å². The molecule has 140 valence electrons. The first-order chi connectivity index (χ1) is 12.9. The number of hydrogen-bond acceptors (Lipinski definition) is 4. The summed E-state index contributed by atoms with van der Waals surface area (Å²) in [5.41, 5.74) is 3.88. The van der Waals surface area contributed by atoms with Crippen molar-refractivity contribution in [3.05, 3.63) is 76.6 Å². The van der Waals surface area contributed by atoms with Crippen LogP contribution in [-0.4, -0.2) is 31.5 Å². The fourth-order valence-corrected chi connectivity index (χ4v) is 2.70. The van der Waals surface area contributed by atoms with Gasteiger partial charge in [-0.3, -0.25) is 4.79 Å². The summed E-state index contributed by atoms with van der Waals surface area (Å²) in [6.45, 7) is 2.29. The number of carbonyl (C=O) groups is 1. The number of rotatable bonds is 7. The van der Waals surface area contributed by atoms with Gasteiger partial charge in [-0.25, -0.2) is 4.39 Å². The fraction of sp³-hybridized carbons (Fsp3) is 0.273. The summed E-state index contributed by atoms with van der Waals surface area (Å²) in [7, 11) is 4.00. The Morgan fingerprint density at radius 3 is 2.52 bits per heavy atom. The molecule has 2 aromatic rings. The van der Waals surface area contributed by atoms with Crippen molar-refractivity contribution in [2.75, 3.05) is 20.6 Å². The Bertz CT molecular complexity index is 865. The molecule has 2 aromatic carbocycles. The summed E-state index contributed by atoms with van der Waals surface area (Å²) >= 11 is 0. The van der Waals surface area contributed by atoms with Crippen LogP contribution in [0.4, 0.5) is 4.39 Å². The highest BCUT2D eigenvalue weighted by molar-refractivity contribution is 5.82. The summed E-state index contributed by atoms with van der Waals surface area (Å²) in [5, 5.41) is 9.20. The zero-order valence-corrected chi connectivity index (χ0v) is 15.8. The lowest BCUT2D eigenvalue weighted by Gasteiger charge is -2.15. The molecule has 0 fully saturated rings. The number of benzene rings is 2. The maximum absolute atomic E-state index is 13.4. The third kappa shape index (κ3) is 6.05. The number of hydrogen-bond donors (Lipinski definition) is 0. The second-order valence-corrected chi connectivity index (χ2v) is 6.48. The van der Waals surface area contributed by atoms with Gasteiger partial charge in [-0.15, -0.1) is 0 Å². The van der Waals surface area contributed by atoms with Crippen molar-refractivity contribution in [1.29, 1.82) is 5.26 Å². The highest BCUT2D eigenvalue weighted by atomic mass is 19.1. The van der Waals surface area contributed by atoms with Gasteiger partial charge in [-0.1, -0.05) is 24.3 Å². The Balaban J connectivity index is 2.51. The molecular weight excluding hydrogens is 343 g/mol. The van der Waals surface area contributed by atoms with E-state index < -0.39 is 0 Å². The molecule has 0 N–H and O–H groups in total. The van der Waals surface area contributed by atoms with Gasteiger partial charge in [0.1, 0.15) is 12.4 Å². The van der Waals surface area contributed by atoms with E-state index in [-0.39, 0.29) is 18.4 Å². The van der Waals surface area contributed by atoms with E-state index in [9.17, 15) is 14.4 Å². The fourth-order valence-electron chi connectivity index (χ4n) is 2.70. The molecule has 0 aromatic heterocycles. The summed E-state index contributed by atoms with van der Waals surface area (Å²) in [6, 6.07) is 13.7. The molecule has 27 heavy (non-hydrogen) atoms. The van der Waals surface area contributed by atoms with Crippen LogP contribution in [0, 0.1) is 17.1 Å². The van der Waals surface area contributed by atoms with E-state index in [2.05, 4.69) is 17.0 Å². The number of esters is 1. The molecule has 0 aliphatic carbocycles. The Kier molecular flexibility index (Phi) is 7.27. The molecule has 0 atom stereocenters. The average molecular weight is 366 g/mol. The zero-order valence-electron chi connectivity index (χ0n) is 15.8. The molecule has 0 unspecified atom stereocenters. The lowest BCUT2D eigenvalue weighted by Crippen LogP contribution is -2.12. The summed E-state index contributed by atoms with van der Waals surface area (Å²) < 4.78 is 18.6. The zero-order chi connectivity index (χ0) is 19.8. The monoisotopic (exact) mass is 366 g/mol. The first kappa shape index (κ1) is 20.3. The number of halogens is 1. The molecule has 0 amide bonds. The van der Waals surface area contributed by atoms with Gasteiger partial charge in [0.05, 0.1) is 11.6 Å². The van der Waals surface area contributed by atoms with Gasteiger partial charge in [0.2, 0.25) is 0 Å². The number of nitrogens with zero attached hydrogens (tertiary/aromatic N) is 2. The van der Waals surface area contributed by atoms with E-state index in [0.717, 1.165) is 35.2 Å². The summed E-state index contributed by atoms with van der Waals surface area (Å²) in [4.78, 5) is 13.3. The van der Waals surface area contributed by atoms with E-state index in [4.69, 9.17) is 4.74 Å². The molecule has 0 bridgehead atoms. The molecule has 0 aliphatic heterocycles. The van der Waals surface area contributed by atoms with Crippen molar-refractivity contribution in [1.82, 2.24) is 4.90 Å².